The van der Waals surface area contributed by atoms with Gasteiger partial charge in [0, 0.05) is 0 Å². The Morgan fingerprint density at radius 3 is 2.81 bits per heavy atom. The quantitative estimate of drug-likeness (QED) is 0.802. The van der Waals surface area contributed by atoms with E-state index in [-0.39, 0.29) is 18.3 Å². The molecule has 1 aromatic carbocycles. The van der Waals surface area contributed by atoms with Crippen molar-refractivity contribution < 1.29 is 23.7 Å². The summed E-state index contributed by atoms with van der Waals surface area (Å²) in [5, 5.41) is 8.33. The number of ether oxygens (including phenoxy) is 5. The van der Waals surface area contributed by atoms with Gasteiger partial charge in [0.15, 0.2) is 5.79 Å². The molecule has 0 amide bonds. The first-order valence-electron chi connectivity index (χ1n) is 8.65. The van der Waals surface area contributed by atoms with E-state index in [0.29, 0.717) is 19.8 Å². The zero-order chi connectivity index (χ0) is 18.1. The molecule has 140 valence electrons. The lowest BCUT2D eigenvalue weighted by molar-refractivity contribution is -0.302. The van der Waals surface area contributed by atoms with E-state index in [9.17, 15) is 0 Å². The minimum absolute atomic E-state index is 0.0805. The highest BCUT2D eigenvalue weighted by molar-refractivity contribution is 5.36. The highest BCUT2D eigenvalue weighted by Gasteiger charge is 2.46. The lowest BCUT2D eigenvalue weighted by Gasteiger charge is -2.38. The summed E-state index contributed by atoms with van der Waals surface area (Å²) in [5.41, 5.74) is 1.65. The molecule has 0 unspecified atom stereocenters. The number of methoxy groups -OCH3 is 1. The SMILES string of the molecule is COc1ccc(-n2cc(CO[C@@H]3CO[C@H]4COC(C)(C)O[C@H]43)nn2)cc1. The van der Waals surface area contributed by atoms with Crippen molar-refractivity contribution in [1.82, 2.24) is 15.0 Å². The largest absolute Gasteiger partial charge is 0.497 e. The molecule has 2 aliphatic rings. The van der Waals surface area contributed by atoms with Crippen molar-refractivity contribution in [1.29, 1.82) is 0 Å². The minimum atomic E-state index is -0.617. The number of hydrogen-bond acceptors (Lipinski definition) is 7. The van der Waals surface area contributed by atoms with Crippen LogP contribution in [0.15, 0.2) is 30.5 Å². The summed E-state index contributed by atoms with van der Waals surface area (Å²) in [6.45, 7) is 5.16. The predicted octanol–water partition coefficient (Wildman–Crippen LogP) is 1.71. The van der Waals surface area contributed by atoms with Crippen molar-refractivity contribution in [2.75, 3.05) is 20.3 Å². The number of nitrogens with zero attached hydrogens (tertiary/aromatic N) is 3. The fourth-order valence-electron chi connectivity index (χ4n) is 3.15. The molecule has 3 atom stereocenters. The number of aromatic nitrogens is 3. The van der Waals surface area contributed by atoms with Gasteiger partial charge in [-0.15, -0.1) is 5.10 Å². The van der Waals surface area contributed by atoms with E-state index in [1.807, 2.05) is 44.3 Å². The first kappa shape index (κ1) is 17.4. The van der Waals surface area contributed by atoms with Gasteiger partial charge in [-0.25, -0.2) is 4.68 Å². The third kappa shape index (κ3) is 3.59. The Bertz CT molecular complexity index is 746. The predicted molar refractivity (Wildman–Crippen MR) is 91.1 cm³/mol. The second-order valence-electron chi connectivity index (χ2n) is 6.87. The zero-order valence-electron chi connectivity index (χ0n) is 15.1. The van der Waals surface area contributed by atoms with Crippen LogP contribution in [0.3, 0.4) is 0 Å². The maximum atomic E-state index is 6.00. The van der Waals surface area contributed by atoms with Crippen molar-refractivity contribution >= 4 is 0 Å². The Labute approximate surface area is 151 Å². The van der Waals surface area contributed by atoms with Crippen LogP contribution in [0, 0.1) is 0 Å². The van der Waals surface area contributed by atoms with Crippen LogP contribution < -0.4 is 4.74 Å². The normalized spacial score (nSPS) is 27.3. The molecular formula is C18H23N3O5. The number of benzene rings is 1. The van der Waals surface area contributed by atoms with E-state index >= 15 is 0 Å². The summed E-state index contributed by atoms with van der Waals surface area (Å²) < 4.78 is 30.2. The van der Waals surface area contributed by atoms with E-state index < -0.39 is 5.79 Å². The van der Waals surface area contributed by atoms with Crippen molar-refractivity contribution in [2.45, 2.75) is 44.6 Å². The Hall–Kier alpha value is -2.00. The summed E-state index contributed by atoms with van der Waals surface area (Å²) in [6, 6.07) is 7.61. The highest BCUT2D eigenvalue weighted by atomic mass is 16.7. The van der Waals surface area contributed by atoms with Crippen LogP contribution in [-0.2, 0) is 25.6 Å². The zero-order valence-corrected chi connectivity index (χ0v) is 15.1. The molecule has 8 heteroatoms. The Balaban J connectivity index is 1.37. The topological polar surface area (TPSA) is 76.9 Å². The molecule has 0 radical (unpaired) electrons. The van der Waals surface area contributed by atoms with Crippen molar-refractivity contribution in [2.24, 2.45) is 0 Å². The lowest BCUT2D eigenvalue weighted by atomic mass is 10.1. The molecular weight excluding hydrogens is 338 g/mol. The van der Waals surface area contributed by atoms with Crippen LogP contribution >= 0.6 is 0 Å². The van der Waals surface area contributed by atoms with Gasteiger partial charge in [-0.3, -0.25) is 0 Å². The monoisotopic (exact) mass is 361 g/mol. The van der Waals surface area contributed by atoms with Crippen LogP contribution in [0.1, 0.15) is 19.5 Å². The van der Waals surface area contributed by atoms with Gasteiger partial charge in [0.2, 0.25) is 0 Å². The third-order valence-corrected chi connectivity index (χ3v) is 4.55. The molecule has 26 heavy (non-hydrogen) atoms. The third-order valence-electron chi connectivity index (χ3n) is 4.55. The van der Waals surface area contributed by atoms with Crippen LogP contribution in [0.4, 0.5) is 0 Å². The molecule has 0 saturated carbocycles. The molecule has 4 rings (SSSR count). The van der Waals surface area contributed by atoms with Gasteiger partial charge < -0.3 is 23.7 Å². The summed E-state index contributed by atoms with van der Waals surface area (Å²) in [4.78, 5) is 0. The highest BCUT2D eigenvalue weighted by Crippen LogP contribution is 2.31. The van der Waals surface area contributed by atoms with Crippen LogP contribution in [0.2, 0.25) is 0 Å². The smallest absolute Gasteiger partial charge is 0.163 e. The Kier molecular flexibility index (Phi) is 4.66. The van der Waals surface area contributed by atoms with Crippen molar-refractivity contribution in [3.63, 3.8) is 0 Å². The molecule has 2 fully saturated rings. The average Bonchev–Trinajstić information content (AvgIpc) is 3.26. The first-order chi connectivity index (χ1) is 12.5. The second-order valence-corrected chi connectivity index (χ2v) is 6.87. The molecule has 2 saturated heterocycles. The van der Waals surface area contributed by atoms with Gasteiger partial charge in [0.1, 0.15) is 29.8 Å². The Morgan fingerprint density at radius 2 is 2.04 bits per heavy atom. The fraction of sp³-hybridized carbons (Fsp3) is 0.556. The Morgan fingerprint density at radius 1 is 1.23 bits per heavy atom. The molecule has 0 spiro atoms. The van der Waals surface area contributed by atoms with Gasteiger partial charge in [-0.1, -0.05) is 5.21 Å². The van der Waals surface area contributed by atoms with Gasteiger partial charge in [0.05, 0.1) is 38.8 Å². The maximum Gasteiger partial charge on any atom is 0.163 e. The molecule has 2 aromatic rings. The van der Waals surface area contributed by atoms with Gasteiger partial charge in [-0.05, 0) is 38.1 Å². The molecule has 0 aliphatic carbocycles. The molecule has 1 aromatic heterocycles. The summed E-state index contributed by atoms with van der Waals surface area (Å²) in [6.07, 6.45) is 1.50. The lowest BCUT2D eigenvalue weighted by Crippen LogP contribution is -2.50. The number of rotatable bonds is 5. The van der Waals surface area contributed by atoms with E-state index in [2.05, 4.69) is 10.3 Å². The van der Waals surface area contributed by atoms with Gasteiger partial charge in [-0.2, -0.15) is 0 Å². The second kappa shape index (κ2) is 6.96. The number of hydrogen-bond donors (Lipinski definition) is 0. The summed E-state index contributed by atoms with van der Waals surface area (Å²) >= 11 is 0. The average molecular weight is 361 g/mol. The van der Waals surface area contributed by atoms with Gasteiger partial charge >= 0.3 is 0 Å². The van der Waals surface area contributed by atoms with Crippen LogP contribution in [0.5, 0.6) is 5.75 Å². The maximum absolute atomic E-state index is 6.00. The molecule has 8 nitrogen and oxygen atoms in total. The van der Waals surface area contributed by atoms with Crippen molar-refractivity contribution in [3.8, 4) is 11.4 Å². The van der Waals surface area contributed by atoms with E-state index in [4.69, 9.17) is 23.7 Å². The van der Waals surface area contributed by atoms with Crippen molar-refractivity contribution in [3.05, 3.63) is 36.2 Å². The molecule has 0 bridgehead atoms. The standard InChI is InChI=1S/C18H23N3O5/c1-18(2)25-11-16-17(26-18)15(10-24-16)23-9-12-8-21(20-19-12)13-4-6-14(22-3)7-5-13/h4-8,15-17H,9-11H2,1-3H3/t15-,16+,17+/m1/s1. The first-order valence-corrected chi connectivity index (χ1v) is 8.65. The van der Waals surface area contributed by atoms with Gasteiger partial charge in [0.25, 0.3) is 0 Å². The van der Waals surface area contributed by atoms with E-state index in [0.717, 1.165) is 17.1 Å². The van der Waals surface area contributed by atoms with E-state index in [1.54, 1.807) is 11.8 Å². The molecule has 0 N–H and O–H groups in total. The van der Waals surface area contributed by atoms with Crippen LogP contribution in [-0.4, -0.2) is 59.4 Å². The minimum Gasteiger partial charge on any atom is -0.497 e. The molecule has 2 aliphatic heterocycles. The summed E-state index contributed by atoms with van der Waals surface area (Å²) in [5.74, 6) is 0.182. The van der Waals surface area contributed by atoms with Crippen LogP contribution in [0.25, 0.3) is 5.69 Å². The van der Waals surface area contributed by atoms with E-state index in [1.165, 1.54) is 0 Å². The number of fused-ring (bicyclic) bond motifs is 1. The fourth-order valence-corrected chi connectivity index (χ4v) is 3.15. The summed E-state index contributed by atoms with van der Waals surface area (Å²) in [7, 11) is 1.64. The molecule has 3 heterocycles.